The highest BCUT2D eigenvalue weighted by Gasteiger charge is 2.15. The fraction of sp³-hybridized carbons (Fsp3) is 0.615. The quantitative estimate of drug-likeness (QED) is 0.761. The normalized spacial score (nSPS) is 10.9. The SMILES string of the molecule is CN(CC#N)c1cc(N(C)CC(C)(C)C)ncn1. The van der Waals surface area contributed by atoms with Crippen molar-refractivity contribution in [2.24, 2.45) is 5.41 Å². The van der Waals surface area contributed by atoms with Crippen LogP contribution in [0.15, 0.2) is 12.4 Å². The molecule has 0 aliphatic carbocycles. The summed E-state index contributed by atoms with van der Waals surface area (Å²) < 4.78 is 0. The van der Waals surface area contributed by atoms with Crippen LogP contribution in [0.2, 0.25) is 0 Å². The van der Waals surface area contributed by atoms with Crippen LogP contribution in [0.4, 0.5) is 11.6 Å². The molecule has 0 saturated carbocycles. The Bertz CT molecular complexity index is 430. The van der Waals surface area contributed by atoms with Crippen molar-refractivity contribution >= 4 is 11.6 Å². The van der Waals surface area contributed by atoms with Crippen LogP contribution in [-0.2, 0) is 0 Å². The molecule has 5 nitrogen and oxygen atoms in total. The van der Waals surface area contributed by atoms with E-state index in [4.69, 9.17) is 5.26 Å². The van der Waals surface area contributed by atoms with Crippen molar-refractivity contribution in [2.45, 2.75) is 20.8 Å². The summed E-state index contributed by atoms with van der Waals surface area (Å²) in [4.78, 5) is 12.3. The van der Waals surface area contributed by atoms with Gasteiger partial charge in [0.2, 0.25) is 0 Å². The third-order valence-corrected chi connectivity index (χ3v) is 2.44. The lowest BCUT2D eigenvalue weighted by molar-refractivity contribution is 0.417. The van der Waals surface area contributed by atoms with Crippen molar-refractivity contribution in [1.29, 1.82) is 5.26 Å². The first kappa shape index (κ1) is 14.2. The van der Waals surface area contributed by atoms with Gasteiger partial charge in [0.1, 0.15) is 24.5 Å². The molecule has 0 aliphatic rings. The summed E-state index contributed by atoms with van der Waals surface area (Å²) in [5.41, 5.74) is 0.207. The van der Waals surface area contributed by atoms with Gasteiger partial charge < -0.3 is 9.80 Å². The van der Waals surface area contributed by atoms with E-state index in [2.05, 4.69) is 41.7 Å². The number of aromatic nitrogens is 2. The smallest absolute Gasteiger partial charge is 0.134 e. The molecule has 0 amide bonds. The van der Waals surface area contributed by atoms with E-state index in [9.17, 15) is 0 Å². The van der Waals surface area contributed by atoms with Gasteiger partial charge in [-0.2, -0.15) is 5.26 Å². The zero-order valence-electron chi connectivity index (χ0n) is 11.8. The van der Waals surface area contributed by atoms with Gasteiger partial charge in [-0.25, -0.2) is 9.97 Å². The largest absolute Gasteiger partial charge is 0.359 e. The third-order valence-electron chi connectivity index (χ3n) is 2.44. The van der Waals surface area contributed by atoms with E-state index in [0.29, 0.717) is 6.54 Å². The first-order chi connectivity index (χ1) is 8.33. The van der Waals surface area contributed by atoms with Gasteiger partial charge in [-0.15, -0.1) is 0 Å². The van der Waals surface area contributed by atoms with E-state index in [-0.39, 0.29) is 5.41 Å². The van der Waals surface area contributed by atoms with E-state index < -0.39 is 0 Å². The Hall–Kier alpha value is -1.83. The minimum Gasteiger partial charge on any atom is -0.359 e. The molecule has 0 radical (unpaired) electrons. The Morgan fingerprint density at radius 1 is 1.17 bits per heavy atom. The van der Waals surface area contributed by atoms with Gasteiger partial charge in [0.05, 0.1) is 6.07 Å². The Balaban J connectivity index is 2.85. The van der Waals surface area contributed by atoms with Crippen LogP contribution >= 0.6 is 0 Å². The summed E-state index contributed by atoms with van der Waals surface area (Å²) in [6.07, 6.45) is 1.54. The van der Waals surface area contributed by atoms with Crippen molar-refractivity contribution < 1.29 is 0 Å². The highest BCUT2D eigenvalue weighted by molar-refractivity contribution is 5.49. The molecule has 1 heterocycles. The summed E-state index contributed by atoms with van der Waals surface area (Å²) in [6, 6.07) is 4.01. The monoisotopic (exact) mass is 247 g/mol. The van der Waals surface area contributed by atoms with Crippen LogP contribution in [0.25, 0.3) is 0 Å². The fourth-order valence-corrected chi connectivity index (χ4v) is 1.73. The van der Waals surface area contributed by atoms with E-state index in [0.717, 1.165) is 18.2 Å². The van der Waals surface area contributed by atoms with Gasteiger partial charge in [0, 0.05) is 26.7 Å². The van der Waals surface area contributed by atoms with E-state index >= 15 is 0 Å². The second-order valence-electron chi connectivity index (χ2n) is 5.67. The summed E-state index contributed by atoms with van der Waals surface area (Å²) in [5, 5.41) is 8.68. The first-order valence-electron chi connectivity index (χ1n) is 5.95. The zero-order valence-corrected chi connectivity index (χ0v) is 11.8. The van der Waals surface area contributed by atoms with E-state index in [1.54, 1.807) is 4.90 Å². The molecule has 1 aromatic heterocycles. The highest BCUT2D eigenvalue weighted by atomic mass is 15.2. The molecule has 0 aliphatic heterocycles. The molecular formula is C13H21N5. The number of nitriles is 1. The third kappa shape index (κ3) is 4.21. The Kier molecular flexibility index (Phi) is 4.49. The number of rotatable bonds is 4. The zero-order chi connectivity index (χ0) is 13.8. The molecule has 0 saturated heterocycles. The van der Waals surface area contributed by atoms with Crippen LogP contribution in [0, 0.1) is 16.7 Å². The molecule has 1 rings (SSSR count). The molecule has 0 aromatic carbocycles. The standard InChI is InChI=1S/C13H21N5/c1-13(2,3)9-18(5)12-8-11(15-10-16-12)17(4)7-6-14/h8,10H,7,9H2,1-5H3. The second-order valence-corrected chi connectivity index (χ2v) is 5.67. The van der Waals surface area contributed by atoms with Gasteiger partial charge in [-0.1, -0.05) is 20.8 Å². The van der Waals surface area contributed by atoms with Gasteiger partial charge in [-0.3, -0.25) is 0 Å². The Labute approximate surface area is 109 Å². The maximum absolute atomic E-state index is 8.68. The van der Waals surface area contributed by atoms with Crippen LogP contribution in [0.1, 0.15) is 20.8 Å². The van der Waals surface area contributed by atoms with Crippen molar-refractivity contribution in [1.82, 2.24) is 9.97 Å². The number of hydrogen-bond donors (Lipinski definition) is 0. The van der Waals surface area contributed by atoms with Gasteiger partial charge in [0.15, 0.2) is 0 Å². The van der Waals surface area contributed by atoms with Crippen molar-refractivity contribution in [2.75, 3.05) is 37.0 Å². The molecule has 5 heteroatoms. The number of hydrogen-bond acceptors (Lipinski definition) is 5. The molecule has 1 aromatic rings. The highest BCUT2D eigenvalue weighted by Crippen LogP contribution is 2.20. The number of anilines is 2. The van der Waals surface area contributed by atoms with Crippen LogP contribution in [0.3, 0.4) is 0 Å². The number of nitrogens with zero attached hydrogens (tertiary/aromatic N) is 5. The maximum Gasteiger partial charge on any atom is 0.134 e. The van der Waals surface area contributed by atoms with Crippen molar-refractivity contribution in [3.05, 3.63) is 12.4 Å². The average molecular weight is 247 g/mol. The molecule has 0 bridgehead atoms. The summed E-state index contributed by atoms with van der Waals surface area (Å²) in [5.74, 6) is 1.64. The molecule has 0 N–H and O–H groups in total. The molecule has 0 spiro atoms. The molecule has 18 heavy (non-hydrogen) atoms. The summed E-state index contributed by atoms with van der Waals surface area (Å²) >= 11 is 0. The molecule has 0 fully saturated rings. The topological polar surface area (TPSA) is 56.1 Å². The lowest BCUT2D eigenvalue weighted by Gasteiger charge is -2.27. The Morgan fingerprint density at radius 2 is 1.72 bits per heavy atom. The predicted octanol–water partition coefficient (Wildman–Crippen LogP) is 1.92. The van der Waals surface area contributed by atoms with Gasteiger partial charge >= 0.3 is 0 Å². The summed E-state index contributed by atoms with van der Waals surface area (Å²) in [7, 11) is 3.86. The molecule has 0 unspecified atom stereocenters. The predicted molar refractivity (Wildman–Crippen MR) is 73.6 cm³/mol. The Morgan fingerprint density at radius 3 is 2.22 bits per heavy atom. The molecule has 0 atom stereocenters. The average Bonchev–Trinajstić information content (AvgIpc) is 2.27. The van der Waals surface area contributed by atoms with E-state index in [1.165, 1.54) is 6.33 Å². The maximum atomic E-state index is 8.68. The van der Waals surface area contributed by atoms with Crippen LogP contribution in [-0.4, -0.2) is 37.2 Å². The van der Waals surface area contributed by atoms with Gasteiger partial charge in [-0.05, 0) is 5.41 Å². The minimum absolute atomic E-state index is 0.207. The first-order valence-corrected chi connectivity index (χ1v) is 5.95. The molecule has 98 valence electrons. The fourth-order valence-electron chi connectivity index (χ4n) is 1.73. The lowest BCUT2D eigenvalue weighted by atomic mass is 9.96. The summed E-state index contributed by atoms with van der Waals surface area (Å²) in [6.45, 7) is 7.79. The van der Waals surface area contributed by atoms with Crippen molar-refractivity contribution in [3.8, 4) is 6.07 Å². The van der Waals surface area contributed by atoms with Crippen LogP contribution in [0.5, 0.6) is 0 Å². The second kappa shape index (κ2) is 5.67. The minimum atomic E-state index is 0.207. The van der Waals surface area contributed by atoms with Crippen molar-refractivity contribution in [3.63, 3.8) is 0 Å². The van der Waals surface area contributed by atoms with Gasteiger partial charge in [0.25, 0.3) is 0 Å². The lowest BCUT2D eigenvalue weighted by Crippen LogP contribution is -2.30. The van der Waals surface area contributed by atoms with E-state index in [1.807, 2.05) is 20.2 Å². The van der Waals surface area contributed by atoms with Crippen LogP contribution < -0.4 is 9.80 Å². The molecular weight excluding hydrogens is 226 g/mol.